The molecule has 0 fully saturated rings. The number of hydrogen-bond acceptors (Lipinski definition) is 3. The summed E-state index contributed by atoms with van der Waals surface area (Å²) < 4.78 is 0. The minimum absolute atomic E-state index is 0.314. The summed E-state index contributed by atoms with van der Waals surface area (Å²) in [7, 11) is 0. The van der Waals surface area contributed by atoms with Crippen molar-refractivity contribution in [3.05, 3.63) is 50.9 Å². The van der Waals surface area contributed by atoms with Gasteiger partial charge in [0.2, 0.25) is 0 Å². The number of thiazole rings is 1. The summed E-state index contributed by atoms with van der Waals surface area (Å²) in [4.78, 5) is 5.54. The van der Waals surface area contributed by atoms with Crippen LogP contribution in [-0.4, -0.2) is 4.98 Å². The van der Waals surface area contributed by atoms with E-state index in [1.165, 1.54) is 10.4 Å². The molecule has 0 amide bonds. The first-order valence-electron chi connectivity index (χ1n) is 5.54. The number of nitrogens with one attached hydrogen (secondary N) is 1. The van der Waals surface area contributed by atoms with Gasteiger partial charge in [0.25, 0.3) is 0 Å². The highest BCUT2D eigenvalue weighted by atomic mass is 35.5. The quantitative estimate of drug-likeness (QED) is 0.906. The molecule has 1 aromatic carbocycles. The van der Waals surface area contributed by atoms with Gasteiger partial charge >= 0.3 is 0 Å². The standard InChI is InChI=1S/C13H15ClN2S/c1-9(11-3-5-12(14)6-4-11)15-7-13-10(2)16-8-17-13/h3-6,8-9,15H,7H2,1-2H3/t9-/m0/s1. The van der Waals surface area contributed by atoms with Crippen molar-refractivity contribution in [1.82, 2.24) is 10.3 Å². The smallest absolute Gasteiger partial charge is 0.0798 e. The molecule has 0 saturated carbocycles. The SMILES string of the molecule is Cc1ncsc1CN[C@@H](C)c1ccc(Cl)cc1. The van der Waals surface area contributed by atoms with Crippen molar-refractivity contribution >= 4 is 22.9 Å². The molecule has 0 aliphatic rings. The van der Waals surface area contributed by atoms with Gasteiger partial charge in [-0.25, -0.2) is 4.98 Å². The van der Waals surface area contributed by atoms with Crippen molar-refractivity contribution in [3.8, 4) is 0 Å². The molecular formula is C13H15ClN2S. The van der Waals surface area contributed by atoms with Crippen LogP contribution in [0.5, 0.6) is 0 Å². The zero-order chi connectivity index (χ0) is 12.3. The van der Waals surface area contributed by atoms with Gasteiger partial charge in [-0.3, -0.25) is 0 Å². The molecule has 2 rings (SSSR count). The molecule has 2 nitrogen and oxygen atoms in total. The molecule has 0 radical (unpaired) electrons. The second kappa shape index (κ2) is 5.63. The number of rotatable bonds is 4. The van der Waals surface area contributed by atoms with Crippen LogP contribution in [0.2, 0.25) is 5.02 Å². The average Bonchev–Trinajstić information content (AvgIpc) is 2.73. The third-order valence-electron chi connectivity index (χ3n) is 2.78. The van der Waals surface area contributed by atoms with Crippen LogP contribution in [0.4, 0.5) is 0 Å². The summed E-state index contributed by atoms with van der Waals surface area (Å²) >= 11 is 7.56. The number of hydrogen-bond donors (Lipinski definition) is 1. The molecular weight excluding hydrogens is 252 g/mol. The largest absolute Gasteiger partial charge is 0.305 e. The lowest BCUT2D eigenvalue weighted by Gasteiger charge is -2.13. The van der Waals surface area contributed by atoms with Crippen molar-refractivity contribution in [2.45, 2.75) is 26.4 Å². The Morgan fingerprint density at radius 3 is 2.65 bits per heavy atom. The van der Waals surface area contributed by atoms with Gasteiger partial charge in [0.05, 0.1) is 11.2 Å². The Bertz CT molecular complexity index is 478. The fourth-order valence-electron chi connectivity index (χ4n) is 1.61. The van der Waals surface area contributed by atoms with Crippen LogP contribution in [0, 0.1) is 6.92 Å². The highest BCUT2D eigenvalue weighted by Crippen LogP contribution is 2.18. The van der Waals surface area contributed by atoms with E-state index in [0.29, 0.717) is 6.04 Å². The van der Waals surface area contributed by atoms with Crippen LogP contribution in [0.15, 0.2) is 29.8 Å². The van der Waals surface area contributed by atoms with Crippen LogP contribution in [0.1, 0.15) is 29.1 Å². The molecule has 17 heavy (non-hydrogen) atoms. The molecule has 0 saturated heterocycles. The van der Waals surface area contributed by atoms with Crippen LogP contribution < -0.4 is 5.32 Å². The van der Waals surface area contributed by atoms with Gasteiger partial charge in [0.15, 0.2) is 0 Å². The van der Waals surface area contributed by atoms with E-state index in [1.807, 2.05) is 24.6 Å². The number of halogens is 1. The molecule has 0 aliphatic carbocycles. The minimum Gasteiger partial charge on any atom is -0.305 e. The molecule has 1 N–H and O–H groups in total. The lowest BCUT2D eigenvalue weighted by molar-refractivity contribution is 0.577. The molecule has 1 atom stereocenters. The lowest BCUT2D eigenvalue weighted by Crippen LogP contribution is -2.17. The van der Waals surface area contributed by atoms with Crippen LogP contribution in [0.25, 0.3) is 0 Å². The highest BCUT2D eigenvalue weighted by Gasteiger charge is 2.06. The molecule has 2 aromatic rings. The Morgan fingerprint density at radius 2 is 2.06 bits per heavy atom. The number of benzene rings is 1. The first-order chi connectivity index (χ1) is 8.16. The van der Waals surface area contributed by atoms with Crippen LogP contribution in [0.3, 0.4) is 0 Å². The summed E-state index contributed by atoms with van der Waals surface area (Å²) in [6, 6.07) is 8.27. The maximum Gasteiger partial charge on any atom is 0.0798 e. The predicted molar refractivity (Wildman–Crippen MR) is 73.6 cm³/mol. The van der Waals surface area contributed by atoms with Crippen molar-refractivity contribution in [3.63, 3.8) is 0 Å². The molecule has 0 spiro atoms. The maximum absolute atomic E-state index is 5.87. The second-order valence-electron chi connectivity index (χ2n) is 4.02. The van der Waals surface area contributed by atoms with E-state index in [2.05, 4.69) is 29.4 Å². The van der Waals surface area contributed by atoms with E-state index in [1.54, 1.807) is 11.3 Å². The minimum atomic E-state index is 0.314. The second-order valence-corrected chi connectivity index (χ2v) is 5.39. The normalized spacial score (nSPS) is 12.6. The molecule has 0 aliphatic heterocycles. The molecule has 4 heteroatoms. The van der Waals surface area contributed by atoms with Gasteiger partial charge in [-0.05, 0) is 31.5 Å². The maximum atomic E-state index is 5.87. The van der Waals surface area contributed by atoms with E-state index in [4.69, 9.17) is 11.6 Å². The zero-order valence-electron chi connectivity index (χ0n) is 9.90. The van der Waals surface area contributed by atoms with Gasteiger partial charge in [0, 0.05) is 22.5 Å². The third-order valence-corrected chi connectivity index (χ3v) is 3.97. The lowest BCUT2D eigenvalue weighted by atomic mass is 10.1. The summed E-state index contributed by atoms with van der Waals surface area (Å²) in [6.45, 7) is 5.06. The van der Waals surface area contributed by atoms with Crippen molar-refractivity contribution in [1.29, 1.82) is 0 Å². The van der Waals surface area contributed by atoms with Crippen LogP contribution >= 0.6 is 22.9 Å². The van der Waals surface area contributed by atoms with E-state index in [0.717, 1.165) is 17.3 Å². The fourth-order valence-corrected chi connectivity index (χ4v) is 2.46. The van der Waals surface area contributed by atoms with E-state index in [-0.39, 0.29) is 0 Å². The average molecular weight is 267 g/mol. The third kappa shape index (κ3) is 3.28. The summed E-state index contributed by atoms with van der Waals surface area (Å²) in [5.74, 6) is 0. The first-order valence-corrected chi connectivity index (χ1v) is 6.80. The van der Waals surface area contributed by atoms with Crippen molar-refractivity contribution in [2.75, 3.05) is 0 Å². The molecule has 1 heterocycles. The van der Waals surface area contributed by atoms with E-state index >= 15 is 0 Å². The Morgan fingerprint density at radius 1 is 1.35 bits per heavy atom. The topological polar surface area (TPSA) is 24.9 Å². The Hall–Kier alpha value is -0.900. The Labute approximate surface area is 111 Å². The zero-order valence-corrected chi connectivity index (χ0v) is 11.5. The molecule has 90 valence electrons. The number of aryl methyl sites for hydroxylation is 1. The number of aromatic nitrogens is 1. The van der Waals surface area contributed by atoms with Crippen LogP contribution in [-0.2, 0) is 6.54 Å². The van der Waals surface area contributed by atoms with Crippen molar-refractivity contribution < 1.29 is 0 Å². The van der Waals surface area contributed by atoms with Gasteiger partial charge in [-0.1, -0.05) is 23.7 Å². The monoisotopic (exact) mass is 266 g/mol. The summed E-state index contributed by atoms with van der Waals surface area (Å²) in [5, 5.41) is 4.27. The van der Waals surface area contributed by atoms with E-state index in [9.17, 15) is 0 Å². The van der Waals surface area contributed by atoms with Gasteiger partial charge in [-0.15, -0.1) is 11.3 Å². The van der Waals surface area contributed by atoms with Gasteiger partial charge < -0.3 is 5.32 Å². The number of nitrogens with zero attached hydrogens (tertiary/aromatic N) is 1. The molecule has 0 bridgehead atoms. The molecule has 1 aromatic heterocycles. The molecule has 0 unspecified atom stereocenters. The Kier molecular flexibility index (Phi) is 4.15. The summed E-state index contributed by atoms with van der Waals surface area (Å²) in [6.07, 6.45) is 0. The highest BCUT2D eigenvalue weighted by molar-refractivity contribution is 7.09. The van der Waals surface area contributed by atoms with Crippen molar-refractivity contribution in [2.24, 2.45) is 0 Å². The summed E-state index contributed by atoms with van der Waals surface area (Å²) in [5.41, 5.74) is 4.25. The van der Waals surface area contributed by atoms with Gasteiger partial charge in [-0.2, -0.15) is 0 Å². The fraction of sp³-hybridized carbons (Fsp3) is 0.308. The Balaban J connectivity index is 1.95. The predicted octanol–water partition coefficient (Wildman–Crippen LogP) is 3.96. The first kappa shape index (κ1) is 12.6. The van der Waals surface area contributed by atoms with Gasteiger partial charge in [0.1, 0.15) is 0 Å². The van der Waals surface area contributed by atoms with E-state index < -0.39 is 0 Å².